The number of benzene rings is 2. The van der Waals surface area contributed by atoms with Crippen molar-refractivity contribution >= 4 is 46.5 Å². The molecule has 0 bridgehead atoms. The normalized spacial score (nSPS) is 15.4. The van der Waals surface area contributed by atoms with Crippen molar-refractivity contribution in [3.05, 3.63) is 58.6 Å². The minimum Gasteiger partial charge on any atom is -0.497 e. The molecule has 0 spiro atoms. The minimum absolute atomic E-state index is 0.0395. The Kier molecular flexibility index (Phi) is 5.17. The van der Waals surface area contributed by atoms with E-state index in [2.05, 4.69) is 15.7 Å². The molecule has 7 nitrogen and oxygen atoms in total. The van der Waals surface area contributed by atoms with Crippen LogP contribution in [0, 0.1) is 0 Å². The third-order valence-electron chi connectivity index (χ3n) is 4.55. The molecule has 2 N–H and O–H groups in total. The van der Waals surface area contributed by atoms with Gasteiger partial charge in [0.1, 0.15) is 17.6 Å². The second-order valence-corrected chi connectivity index (χ2v) is 7.31. The largest absolute Gasteiger partial charge is 0.497 e. The number of anilines is 2. The fourth-order valence-corrected chi connectivity index (χ4v) is 3.38. The number of ether oxygens (including phenoxy) is 1. The third-order valence-corrected chi connectivity index (χ3v) is 5.13. The molecule has 4 rings (SSSR count). The number of halogens is 2. The Labute approximate surface area is 176 Å². The number of fused-ring (bicyclic) bond motifs is 1. The Bertz CT molecular complexity index is 1100. The van der Waals surface area contributed by atoms with Crippen LogP contribution in [0.15, 0.2) is 48.5 Å². The van der Waals surface area contributed by atoms with Gasteiger partial charge >= 0.3 is 0 Å². The van der Waals surface area contributed by atoms with Crippen molar-refractivity contribution in [2.75, 3.05) is 17.7 Å². The van der Waals surface area contributed by atoms with Gasteiger partial charge in [0.05, 0.1) is 29.9 Å². The highest BCUT2D eigenvalue weighted by molar-refractivity contribution is 6.33. The first-order valence-corrected chi connectivity index (χ1v) is 9.50. The number of hydrogen-bond donors (Lipinski definition) is 2. The number of rotatable bonds is 4. The number of nitrogens with one attached hydrogen (secondary N) is 2. The number of carbonyl (C=O) groups is 2. The van der Waals surface area contributed by atoms with Crippen LogP contribution in [0.5, 0.6) is 5.75 Å². The maximum atomic E-state index is 12.9. The molecule has 2 amide bonds. The van der Waals surface area contributed by atoms with Crippen LogP contribution in [0.2, 0.25) is 10.0 Å². The van der Waals surface area contributed by atoms with Crippen LogP contribution >= 0.6 is 23.2 Å². The van der Waals surface area contributed by atoms with Crippen LogP contribution < -0.4 is 15.4 Å². The van der Waals surface area contributed by atoms with Crippen LogP contribution in [0.1, 0.15) is 12.5 Å². The molecule has 0 radical (unpaired) electrons. The fraction of sp³-hybridized carbons (Fsp3) is 0.150. The van der Waals surface area contributed by atoms with E-state index in [1.165, 1.54) is 11.8 Å². The molecule has 3 aromatic rings. The highest BCUT2D eigenvalue weighted by atomic mass is 35.5. The van der Waals surface area contributed by atoms with Gasteiger partial charge in [0.15, 0.2) is 0 Å². The second-order valence-electron chi connectivity index (χ2n) is 6.47. The third kappa shape index (κ3) is 3.92. The Morgan fingerprint density at radius 1 is 1.21 bits per heavy atom. The van der Waals surface area contributed by atoms with E-state index in [1.807, 2.05) is 12.1 Å². The van der Waals surface area contributed by atoms with Crippen LogP contribution in [-0.2, 0) is 9.59 Å². The van der Waals surface area contributed by atoms with Gasteiger partial charge in [0, 0.05) is 22.7 Å². The molecule has 9 heteroatoms. The number of methoxy groups -OCH3 is 1. The van der Waals surface area contributed by atoms with Gasteiger partial charge in [-0.1, -0.05) is 35.3 Å². The highest BCUT2D eigenvalue weighted by Gasteiger charge is 2.32. The van der Waals surface area contributed by atoms with E-state index in [1.54, 1.807) is 36.4 Å². The lowest BCUT2D eigenvalue weighted by Crippen LogP contribution is -2.35. The summed E-state index contributed by atoms with van der Waals surface area (Å²) in [4.78, 5) is 25.1. The van der Waals surface area contributed by atoms with Gasteiger partial charge in [0.2, 0.25) is 11.8 Å². The Balaban J connectivity index is 1.65. The molecule has 0 saturated heterocycles. The average molecular weight is 431 g/mol. The van der Waals surface area contributed by atoms with Crippen molar-refractivity contribution in [1.29, 1.82) is 0 Å². The summed E-state index contributed by atoms with van der Waals surface area (Å²) in [6.45, 7) is 0. The van der Waals surface area contributed by atoms with Crippen molar-refractivity contribution < 1.29 is 14.3 Å². The van der Waals surface area contributed by atoms with Crippen LogP contribution in [0.3, 0.4) is 0 Å². The van der Waals surface area contributed by atoms with Crippen molar-refractivity contribution in [2.45, 2.75) is 12.5 Å². The Morgan fingerprint density at radius 2 is 1.97 bits per heavy atom. The quantitative estimate of drug-likeness (QED) is 0.642. The molecule has 29 heavy (non-hydrogen) atoms. The number of hydrogen-bond acceptors (Lipinski definition) is 4. The zero-order valence-corrected chi connectivity index (χ0v) is 16.8. The van der Waals surface area contributed by atoms with E-state index in [0.717, 1.165) is 5.56 Å². The average Bonchev–Trinajstić information content (AvgIpc) is 3.13. The molecule has 0 saturated carbocycles. The predicted molar refractivity (Wildman–Crippen MR) is 112 cm³/mol. The Hall–Kier alpha value is -3.03. The maximum absolute atomic E-state index is 12.9. The van der Waals surface area contributed by atoms with Gasteiger partial charge in [0.25, 0.3) is 0 Å². The summed E-state index contributed by atoms with van der Waals surface area (Å²) in [5, 5.41) is 11.0. The molecule has 2 aromatic carbocycles. The van der Waals surface area contributed by atoms with Gasteiger partial charge in [-0.15, -0.1) is 0 Å². The van der Waals surface area contributed by atoms with Crippen LogP contribution in [0.4, 0.5) is 11.5 Å². The molecule has 0 unspecified atom stereocenters. The molecule has 1 atom stereocenters. The molecule has 1 aliphatic rings. The molecule has 1 aliphatic heterocycles. The lowest BCUT2D eigenvalue weighted by atomic mass is 10.1. The van der Waals surface area contributed by atoms with Crippen molar-refractivity contribution in [3.8, 4) is 17.0 Å². The first-order valence-electron chi connectivity index (χ1n) is 8.74. The predicted octanol–water partition coefficient (Wildman–Crippen LogP) is 4.39. The van der Waals surface area contributed by atoms with E-state index in [4.69, 9.17) is 27.9 Å². The van der Waals surface area contributed by atoms with Gasteiger partial charge in [-0.2, -0.15) is 5.10 Å². The van der Waals surface area contributed by atoms with E-state index in [-0.39, 0.29) is 12.3 Å². The summed E-state index contributed by atoms with van der Waals surface area (Å²) in [5.74, 6) is 0.331. The molecule has 148 valence electrons. The zero-order chi connectivity index (χ0) is 20.5. The number of aromatic nitrogens is 2. The van der Waals surface area contributed by atoms with E-state index in [9.17, 15) is 9.59 Å². The van der Waals surface area contributed by atoms with Gasteiger partial charge in [-0.3, -0.25) is 9.59 Å². The zero-order valence-electron chi connectivity index (χ0n) is 15.3. The molecule has 0 aliphatic carbocycles. The topological polar surface area (TPSA) is 85.2 Å². The van der Waals surface area contributed by atoms with E-state index in [0.29, 0.717) is 33.0 Å². The number of nitrogens with zero attached hydrogens (tertiary/aromatic N) is 2. The molecular formula is C20H16Cl2N4O3. The minimum atomic E-state index is -0.818. The standard InChI is InChI=1S/C20H16Cl2N4O3/c1-29-13-6-7-14(22)16(8-13)23-20(28)17-10-19(27)24-18-9-15(25-26(17)18)11-2-4-12(21)5-3-11/h2-9,17H,10H2,1H3,(H,23,28)(H,24,27)/t17-/m1/s1. The van der Waals surface area contributed by atoms with Crippen LogP contribution in [-0.4, -0.2) is 28.7 Å². The van der Waals surface area contributed by atoms with E-state index < -0.39 is 11.9 Å². The summed E-state index contributed by atoms with van der Waals surface area (Å²) in [6.07, 6.45) is -0.0395. The molecule has 1 aromatic heterocycles. The molecular weight excluding hydrogens is 415 g/mol. The maximum Gasteiger partial charge on any atom is 0.249 e. The van der Waals surface area contributed by atoms with Crippen molar-refractivity contribution in [3.63, 3.8) is 0 Å². The number of amides is 2. The monoisotopic (exact) mass is 430 g/mol. The lowest BCUT2D eigenvalue weighted by molar-refractivity contribution is -0.125. The highest BCUT2D eigenvalue weighted by Crippen LogP contribution is 2.32. The first kappa shape index (κ1) is 19.3. The summed E-state index contributed by atoms with van der Waals surface area (Å²) < 4.78 is 6.68. The van der Waals surface area contributed by atoms with E-state index >= 15 is 0 Å². The summed E-state index contributed by atoms with van der Waals surface area (Å²) in [5.41, 5.74) is 1.84. The first-order chi connectivity index (χ1) is 13.9. The summed E-state index contributed by atoms with van der Waals surface area (Å²) in [7, 11) is 1.52. The van der Waals surface area contributed by atoms with Gasteiger partial charge in [-0.25, -0.2) is 4.68 Å². The SMILES string of the molecule is COc1ccc(Cl)c(NC(=O)[C@H]2CC(=O)Nc3cc(-c4ccc(Cl)cc4)nn32)c1. The summed E-state index contributed by atoms with van der Waals surface area (Å²) in [6, 6.07) is 13.0. The molecule has 0 fully saturated rings. The fourth-order valence-electron chi connectivity index (χ4n) is 3.09. The van der Waals surface area contributed by atoms with Crippen LogP contribution in [0.25, 0.3) is 11.3 Å². The smallest absolute Gasteiger partial charge is 0.249 e. The molecule has 2 heterocycles. The van der Waals surface area contributed by atoms with Crippen molar-refractivity contribution in [2.24, 2.45) is 0 Å². The van der Waals surface area contributed by atoms with Crippen molar-refractivity contribution in [1.82, 2.24) is 9.78 Å². The number of carbonyl (C=O) groups excluding carboxylic acids is 2. The van der Waals surface area contributed by atoms with Gasteiger partial charge < -0.3 is 15.4 Å². The summed E-state index contributed by atoms with van der Waals surface area (Å²) >= 11 is 12.1. The second kappa shape index (κ2) is 7.77. The van der Waals surface area contributed by atoms with Gasteiger partial charge in [-0.05, 0) is 24.3 Å². The lowest BCUT2D eigenvalue weighted by Gasteiger charge is -2.24. The Morgan fingerprint density at radius 3 is 2.69 bits per heavy atom.